The highest BCUT2D eigenvalue weighted by molar-refractivity contribution is 9.10. The molecule has 60 valence electrons. The lowest BCUT2D eigenvalue weighted by atomic mass is 10.1. The van der Waals surface area contributed by atoms with Crippen molar-refractivity contribution in [3.05, 3.63) is 39.2 Å². The zero-order valence-corrected chi connectivity index (χ0v) is 7.65. The molecular weight excluding hydrogens is 220 g/mol. The average Bonchev–Trinajstić information content (AvgIpc) is 2.07. The lowest BCUT2D eigenvalue weighted by Crippen LogP contribution is -1.89. The summed E-state index contributed by atoms with van der Waals surface area (Å²) in [5, 5.41) is 11.2. The van der Waals surface area contributed by atoms with Crippen molar-refractivity contribution in [1.29, 1.82) is 5.26 Å². The Balaban J connectivity index is 3.03. The maximum atomic E-state index is 10.2. The van der Waals surface area contributed by atoms with Crippen LogP contribution in [0.5, 0.6) is 0 Å². The number of rotatable bonds is 2. The van der Waals surface area contributed by atoms with Crippen molar-refractivity contribution < 1.29 is 0 Å². The Morgan fingerprint density at radius 3 is 2.83 bits per heavy atom. The Hall–Kier alpha value is -1.21. The van der Waals surface area contributed by atoms with E-state index in [2.05, 4.69) is 21.1 Å². The molecule has 12 heavy (non-hydrogen) atoms. The molecule has 1 atom stereocenters. The largest absolute Gasteiger partial charge is 0.203 e. The SMILES string of the molecule is N#CC(N=O)c1cccc(Br)c1. The van der Waals surface area contributed by atoms with Gasteiger partial charge in [-0.15, -0.1) is 4.91 Å². The van der Waals surface area contributed by atoms with Crippen LogP contribution in [0.1, 0.15) is 11.6 Å². The maximum Gasteiger partial charge on any atom is 0.203 e. The number of benzene rings is 1. The summed E-state index contributed by atoms with van der Waals surface area (Å²) in [4.78, 5) is 10.2. The van der Waals surface area contributed by atoms with Crippen LogP contribution in [0.25, 0.3) is 0 Å². The van der Waals surface area contributed by atoms with Crippen molar-refractivity contribution in [3.63, 3.8) is 0 Å². The summed E-state index contributed by atoms with van der Waals surface area (Å²) in [7, 11) is 0. The van der Waals surface area contributed by atoms with Gasteiger partial charge in [-0.3, -0.25) is 0 Å². The molecule has 1 unspecified atom stereocenters. The zero-order valence-electron chi connectivity index (χ0n) is 6.07. The highest BCUT2D eigenvalue weighted by Gasteiger charge is 2.09. The summed E-state index contributed by atoms with van der Waals surface area (Å²) >= 11 is 3.24. The topological polar surface area (TPSA) is 53.2 Å². The molecule has 0 radical (unpaired) electrons. The van der Waals surface area contributed by atoms with Gasteiger partial charge in [-0.1, -0.05) is 28.1 Å². The van der Waals surface area contributed by atoms with Crippen LogP contribution in [0, 0.1) is 16.2 Å². The van der Waals surface area contributed by atoms with Crippen molar-refractivity contribution in [1.82, 2.24) is 0 Å². The van der Waals surface area contributed by atoms with E-state index in [1.165, 1.54) is 0 Å². The number of nitriles is 1. The summed E-state index contributed by atoms with van der Waals surface area (Å²) in [5.74, 6) is 0. The standard InChI is InChI=1S/C8H5BrN2O/c9-7-3-1-2-6(4-7)8(5-10)11-12/h1-4,8H. The molecule has 0 saturated carbocycles. The van der Waals surface area contributed by atoms with Crippen molar-refractivity contribution in [2.24, 2.45) is 5.18 Å². The number of halogens is 1. The van der Waals surface area contributed by atoms with E-state index < -0.39 is 6.04 Å². The highest BCUT2D eigenvalue weighted by atomic mass is 79.9. The van der Waals surface area contributed by atoms with Gasteiger partial charge in [-0.25, -0.2) is 0 Å². The second-order valence-electron chi connectivity index (χ2n) is 2.19. The molecule has 0 aromatic heterocycles. The van der Waals surface area contributed by atoms with Crippen LogP contribution < -0.4 is 0 Å². The Morgan fingerprint density at radius 1 is 1.58 bits per heavy atom. The molecule has 0 fully saturated rings. The van der Waals surface area contributed by atoms with Crippen LogP contribution in [-0.4, -0.2) is 0 Å². The van der Waals surface area contributed by atoms with Gasteiger partial charge in [0.25, 0.3) is 0 Å². The molecule has 0 aliphatic rings. The number of nitroso groups, excluding NO2 is 1. The molecule has 1 aromatic carbocycles. The fourth-order valence-corrected chi connectivity index (χ4v) is 1.25. The predicted octanol–water partition coefficient (Wildman–Crippen LogP) is 2.78. The molecule has 4 heteroatoms. The molecule has 1 rings (SSSR count). The zero-order chi connectivity index (χ0) is 8.97. The van der Waals surface area contributed by atoms with Gasteiger partial charge in [-0.05, 0) is 22.9 Å². The molecule has 0 amide bonds. The Kier molecular flexibility index (Phi) is 2.94. The minimum absolute atomic E-state index is 0.613. The van der Waals surface area contributed by atoms with E-state index in [1.807, 2.05) is 6.07 Å². The molecule has 0 saturated heterocycles. The van der Waals surface area contributed by atoms with E-state index in [0.717, 1.165) is 4.47 Å². The van der Waals surface area contributed by atoms with E-state index in [9.17, 15) is 4.91 Å². The van der Waals surface area contributed by atoms with Gasteiger partial charge in [0.2, 0.25) is 6.04 Å². The summed E-state index contributed by atoms with van der Waals surface area (Å²) < 4.78 is 0.837. The molecule has 0 bridgehead atoms. The summed E-state index contributed by atoms with van der Waals surface area (Å²) in [5.41, 5.74) is 0.613. The first-order valence-electron chi connectivity index (χ1n) is 3.25. The lowest BCUT2D eigenvalue weighted by Gasteiger charge is -1.99. The first-order chi connectivity index (χ1) is 5.77. The normalized spacial score (nSPS) is 11.7. The van der Waals surface area contributed by atoms with Gasteiger partial charge in [0.15, 0.2) is 0 Å². The van der Waals surface area contributed by atoms with E-state index in [1.54, 1.807) is 24.3 Å². The summed E-state index contributed by atoms with van der Waals surface area (Å²) in [6, 6.07) is 7.87. The predicted molar refractivity (Wildman–Crippen MR) is 48.3 cm³/mol. The molecule has 0 spiro atoms. The second-order valence-corrected chi connectivity index (χ2v) is 3.11. The Morgan fingerprint density at radius 2 is 2.33 bits per heavy atom. The molecule has 0 aliphatic carbocycles. The van der Waals surface area contributed by atoms with Gasteiger partial charge < -0.3 is 0 Å². The smallest absolute Gasteiger partial charge is 0.195 e. The minimum atomic E-state index is -0.900. The molecular formula is C8H5BrN2O. The van der Waals surface area contributed by atoms with E-state index in [0.29, 0.717) is 5.56 Å². The lowest BCUT2D eigenvalue weighted by molar-refractivity contribution is 0.915. The van der Waals surface area contributed by atoms with E-state index >= 15 is 0 Å². The van der Waals surface area contributed by atoms with Gasteiger partial charge in [-0.2, -0.15) is 5.26 Å². The van der Waals surface area contributed by atoms with Crippen LogP contribution in [0.4, 0.5) is 0 Å². The van der Waals surface area contributed by atoms with Crippen molar-refractivity contribution >= 4 is 15.9 Å². The summed E-state index contributed by atoms with van der Waals surface area (Å²) in [6.07, 6.45) is 0. The molecule has 1 aromatic rings. The average molecular weight is 225 g/mol. The monoisotopic (exact) mass is 224 g/mol. The highest BCUT2D eigenvalue weighted by Crippen LogP contribution is 2.19. The minimum Gasteiger partial charge on any atom is -0.195 e. The van der Waals surface area contributed by atoms with Crippen LogP contribution in [-0.2, 0) is 0 Å². The fourth-order valence-electron chi connectivity index (χ4n) is 0.836. The van der Waals surface area contributed by atoms with Gasteiger partial charge in [0, 0.05) is 4.47 Å². The van der Waals surface area contributed by atoms with Crippen LogP contribution in [0.2, 0.25) is 0 Å². The van der Waals surface area contributed by atoms with Gasteiger partial charge >= 0.3 is 0 Å². The summed E-state index contributed by atoms with van der Waals surface area (Å²) in [6.45, 7) is 0. The maximum absolute atomic E-state index is 10.2. The fraction of sp³-hybridized carbons (Fsp3) is 0.125. The number of nitrogens with zero attached hydrogens (tertiary/aromatic N) is 2. The van der Waals surface area contributed by atoms with Crippen molar-refractivity contribution in [2.75, 3.05) is 0 Å². The molecule has 0 heterocycles. The molecule has 0 aliphatic heterocycles. The first-order valence-corrected chi connectivity index (χ1v) is 4.05. The van der Waals surface area contributed by atoms with E-state index in [4.69, 9.17) is 5.26 Å². The Bertz CT molecular complexity index is 332. The third kappa shape index (κ3) is 1.89. The van der Waals surface area contributed by atoms with Gasteiger partial charge in [0.1, 0.15) is 0 Å². The van der Waals surface area contributed by atoms with Crippen molar-refractivity contribution in [2.45, 2.75) is 6.04 Å². The van der Waals surface area contributed by atoms with Crippen LogP contribution in [0.3, 0.4) is 0 Å². The first kappa shape index (κ1) is 8.88. The Labute approximate surface area is 78.1 Å². The van der Waals surface area contributed by atoms with Crippen molar-refractivity contribution in [3.8, 4) is 6.07 Å². The van der Waals surface area contributed by atoms with Crippen LogP contribution in [0.15, 0.2) is 33.9 Å². The number of hydrogen-bond acceptors (Lipinski definition) is 3. The van der Waals surface area contributed by atoms with E-state index in [-0.39, 0.29) is 0 Å². The van der Waals surface area contributed by atoms with Gasteiger partial charge in [0.05, 0.1) is 6.07 Å². The number of hydrogen-bond donors (Lipinski definition) is 0. The third-order valence-electron chi connectivity index (χ3n) is 1.39. The van der Waals surface area contributed by atoms with Crippen LogP contribution >= 0.6 is 15.9 Å². The molecule has 0 N–H and O–H groups in total. The molecule has 3 nitrogen and oxygen atoms in total. The quantitative estimate of drug-likeness (QED) is 0.726. The third-order valence-corrected chi connectivity index (χ3v) is 1.89. The second kappa shape index (κ2) is 3.98.